The third kappa shape index (κ3) is 5.76. The first-order chi connectivity index (χ1) is 20.0. The molecule has 3 aliphatic heterocycles. The van der Waals surface area contributed by atoms with Gasteiger partial charge in [-0.2, -0.15) is 0 Å². The lowest BCUT2D eigenvalue weighted by atomic mass is 9.73. The third-order valence-corrected chi connectivity index (χ3v) is 8.88. The van der Waals surface area contributed by atoms with E-state index in [1.54, 1.807) is 0 Å². The number of para-hydroxylation sites is 1. The first-order valence-electron chi connectivity index (χ1n) is 14.8. The molecule has 6 rings (SSSR count). The number of rotatable bonds is 2. The number of carbonyl (C=O) groups excluding carboxylic acids is 2. The summed E-state index contributed by atoms with van der Waals surface area (Å²) in [4.78, 5) is 31.2. The van der Waals surface area contributed by atoms with Crippen LogP contribution in [0.4, 0.5) is 0 Å². The maximum absolute atomic E-state index is 13.8. The second kappa shape index (κ2) is 11.9. The number of amides is 2. The number of nitrogens with zero attached hydrogens (tertiary/aromatic N) is 2. The smallest absolute Gasteiger partial charge is 0.253 e. The second-order valence-corrected chi connectivity index (χ2v) is 11.5. The molecular weight excluding hydrogens is 516 g/mol. The van der Waals surface area contributed by atoms with Crippen molar-refractivity contribution in [2.45, 2.75) is 44.9 Å². The van der Waals surface area contributed by atoms with Crippen molar-refractivity contribution in [2.75, 3.05) is 40.1 Å². The van der Waals surface area contributed by atoms with Gasteiger partial charge in [0.1, 0.15) is 12.4 Å². The summed E-state index contributed by atoms with van der Waals surface area (Å²) in [6.45, 7) is 2.40. The van der Waals surface area contributed by atoms with Crippen molar-refractivity contribution in [3.05, 3.63) is 77.9 Å². The molecule has 0 saturated carbocycles. The molecule has 7 nitrogen and oxygen atoms in total. The Hall–Kier alpha value is -4.00. The lowest BCUT2D eigenvalue weighted by Gasteiger charge is -2.42. The van der Waals surface area contributed by atoms with E-state index in [4.69, 9.17) is 14.2 Å². The van der Waals surface area contributed by atoms with Gasteiger partial charge in [-0.15, -0.1) is 0 Å². The predicted octanol–water partition coefficient (Wildman–Crippen LogP) is 5.96. The number of aryl methyl sites for hydroxylation is 1. The van der Waals surface area contributed by atoms with Gasteiger partial charge in [-0.25, -0.2) is 0 Å². The van der Waals surface area contributed by atoms with Crippen molar-refractivity contribution in [1.29, 1.82) is 0 Å². The maximum Gasteiger partial charge on any atom is 0.253 e. The molecule has 1 saturated heterocycles. The van der Waals surface area contributed by atoms with Gasteiger partial charge in [-0.1, -0.05) is 49.2 Å². The van der Waals surface area contributed by atoms with Gasteiger partial charge in [-0.05, 0) is 79.1 Å². The van der Waals surface area contributed by atoms with Crippen molar-refractivity contribution in [1.82, 2.24) is 9.80 Å². The van der Waals surface area contributed by atoms with Crippen molar-refractivity contribution in [3.8, 4) is 28.4 Å². The normalized spacial score (nSPS) is 19.0. The minimum atomic E-state index is -0.430. The molecule has 2 amide bonds. The fourth-order valence-corrected chi connectivity index (χ4v) is 6.40. The summed E-state index contributed by atoms with van der Waals surface area (Å²) < 4.78 is 17.1. The lowest BCUT2D eigenvalue weighted by molar-refractivity contribution is -0.144. The number of ether oxygens (including phenoxy) is 3. The largest absolute Gasteiger partial charge is 0.491 e. The highest BCUT2D eigenvalue weighted by molar-refractivity contribution is 5.96. The Morgan fingerprint density at radius 1 is 0.756 bits per heavy atom. The topological polar surface area (TPSA) is 68.3 Å². The van der Waals surface area contributed by atoms with Crippen molar-refractivity contribution in [3.63, 3.8) is 0 Å². The second-order valence-electron chi connectivity index (χ2n) is 11.5. The number of fused-ring (bicyclic) bond motifs is 2. The quantitative estimate of drug-likeness (QED) is 0.391. The molecule has 0 aliphatic carbocycles. The summed E-state index contributed by atoms with van der Waals surface area (Å²) in [5, 5.41) is 0. The predicted molar refractivity (Wildman–Crippen MR) is 157 cm³/mol. The number of carbonyl (C=O) groups is 2. The molecule has 0 N–H and O–H groups in total. The summed E-state index contributed by atoms with van der Waals surface area (Å²) in [7, 11) is 1.89. The van der Waals surface area contributed by atoms with Crippen molar-refractivity contribution >= 4 is 11.8 Å². The van der Waals surface area contributed by atoms with Crippen LogP contribution < -0.4 is 14.2 Å². The van der Waals surface area contributed by atoms with Gasteiger partial charge in [0.05, 0.1) is 12.0 Å². The Morgan fingerprint density at radius 2 is 1.56 bits per heavy atom. The minimum absolute atomic E-state index is 0.0130. The Balaban J connectivity index is 1.13. The summed E-state index contributed by atoms with van der Waals surface area (Å²) in [5.41, 5.74) is 3.40. The summed E-state index contributed by atoms with van der Waals surface area (Å²) in [6, 6.07) is 21.8. The number of likely N-dealkylation sites (tertiary alicyclic amines) is 1. The molecule has 3 heterocycles. The molecule has 0 bridgehead atoms. The van der Waals surface area contributed by atoms with Crippen LogP contribution in [0.25, 0.3) is 11.1 Å². The van der Waals surface area contributed by atoms with Crippen LogP contribution in [0.2, 0.25) is 0 Å². The standard InChI is InChI=1S/C34H38N2O5/c1-35-20-21-39-29-12-5-4-9-25(29)8-3-2-6-15-34(33(35)38)16-18-36(19-17-34)32(37)28-11-7-10-26(22-28)27-13-14-30-31(23-27)41-24-40-30/h4-5,7,9-14,22-23H,2-3,6,8,15-21,24H2,1H3. The molecule has 3 aliphatic rings. The zero-order valence-electron chi connectivity index (χ0n) is 23.8. The van der Waals surface area contributed by atoms with E-state index in [0.717, 1.165) is 60.5 Å². The van der Waals surface area contributed by atoms with Crippen LogP contribution in [0, 0.1) is 5.41 Å². The lowest BCUT2D eigenvalue weighted by Crippen LogP contribution is -2.51. The Labute approximate surface area is 242 Å². The molecular formula is C34H38N2O5. The van der Waals surface area contributed by atoms with Gasteiger partial charge >= 0.3 is 0 Å². The van der Waals surface area contributed by atoms with Gasteiger partial charge in [0.25, 0.3) is 5.91 Å². The zero-order chi connectivity index (χ0) is 28.2. The van der Waals surface area contributed by atoms with Crippen LogP contribution in [-0.4, -0.2) is 61.7 Å². The van der Waals surface area contributed by atoms with Crippen molar-refractivity contribution < 1.29 is 23.8 Å². The van der Waals surface area contributed by atoms with E-state index >= 15 is 0 Å². The molecule has 7 heteroatoms. The van der Waals surface area contributed by atoms with Gasteiger partial charge in [0.15, 0.2) is 11.5 Å². The van der Waals surface area contributed by atoms with E-state index in [-0.39, 0.29) is 18.6 Å². The highest BCUT2D eigenvalue weighted by Crippen LogP contribution is 2.40. The van der Waals surface area contributed by atoms with Crippen LogP contribution in [-0.2, 0) is 11.2 Å². The fraction of sp³-hybridized carbons (Fsp3) is 0.412. The number of likely N-dealkylation sites (N-methyl/N-ethyl adjacent to an activating group) is 1. The highest BCUT2D eigenvalue weighted by Gasteiger charge is 2.43. The molecule has 41 heavy (non-hydrogen) atoms. The number of piperidine rings is 1. The van der Waals surface area contributed by atoms with Gasteiger partial charge in [0, 0.05) is 25.7 Å². The number of hydrogen-bond acceptors (Lipinski definition) is 5. The molecule has 3 aromatic carbocycles. The first-order valence-corrected chi connectivity index (χ1v) is 14.8. The summed E-state index contributed by atoms with van der Waals surface area (Å²) in [5.74, 6) is 2.59. The SMILES string of the molecule is CN1CCOc2ccccc2CCCCCC2(CCN(C(=O)c3cccc(-c4ccc5c(c4)OCO5)c3)CC2)C1=O. The maximum atomic E-state index is 13.8. The Bertz CT molecular complexity index is 1410. The molecule has 0 unspecified atom stereocenters. The van der Waals surface area contributed by atoms with Crippen LogP contribution >= 0.6 is 0 Å². The molecule has 3 aromatic rings. The molecule has 0 aromatic heterocycles. The van der Waals surface area contributed by atoms with E-state index in [1.165, 1.54) is 5.56 Å². The van der Waals surface area contributed by atoms with Crippen LogP contribution in [0.1, 0.15) is 54.4 Å². The van der Waals surface area contributed by atoms with E-state index in [0.29, 0.717) is 44.6 Å². The molecule has 0 atom stereocenters. The Kier molecular flexibility index (Phi) is 7.86. The number of hydrogen-bond donors (Lipinski definition) is 0. The van der Waals surface area contributed by atoms with E-state index in [1.807, 2.05) is 71.4 Å². The van der Waals surface area contributed by atoms with Crippen LogP contribution in [0.15, 0.2) is 66.7 Å². The van der Waals surface area contributed by atoms with Gasteiger partial charge in [-0.3, -0.25) is 9.59 Å². The van der Waals surface area contributed by atoms with E-state index in [9.17, 15) is 9.59 Å². The number of benzene rings is 3. The van der Waals surface area contributed by atoms with E-state index in [2.05, 4.69) is 12.1 Å². The average Bonchev–Trinajstić information content (AvgIpc) is 3.49. The van der Waals surface area contributed by atoms with Gasteiger partial charge < -0.3 is 24.0 Å². The fourth-order valence-electron chi connectivity index (χ4n) is 6.40. The average molecular weight is 555 g/mol. The molecule has 1 fully saturated rings. The van der Waals surface area contributed by atoms with Gasteiger partial charge in [0.2, 0.25) is 12.7 Å². The minimum Gasteiger partial charge on any atom is -0.491 e. The third-order valence-electron chi connectivity index (χ3n) is 8.88. The molecule has 1 spiro atoms. The highest BCUT2D eigenvalue weighted by atomic mass is 16.7. The zero-order valence-corrected chi connectivity index (χ0v) is 23.8. The monoisotopic (exact) mass is 554 g/mol. The van der Waals surface area contributed by atoms with E-state index < -0.39 is 5.41 Å². The summed E-state index contributed by atoms with van der Waals surface area (Å²) in [6.07, 6.45) is 6.37. The van der Waals surface area contributed by atoms with Crippen LogP contribution in [0.5, 0.6) is 17.2 Å². The molecule has 0 radical (unpaired) electrons. The summed E-state index contributed by atoms with van der Waals surface area (Å²) >= 11 is 0. The first kappa shape index (κ1) is 27.2. The van der Waals surface area contributed by atoms with Crippen LogP contribution in [0.3, 0.4) is 0 Å². The molecule has 214 valence electrons. The Morgan fingerprint density at radius 3 is 2.44 bits per heavy atom. The van der Waals surface area contributed by atoms with Crippen molar-refractivity contribution in [2.24, 2.45) is 5.41 Å².